The predicted molar refractivity (Wildman–Crippen MR) is 115 cm³/mol. The van der Waals surface area contributed by atoms with Crippen LogP contribution in [0.1, 0.15) is 40.4 Å². The number of nitriles is 1. The molecule has 2 aliphatic rings. The van der Waals surface area contributed by atoms with Gasteiger partial charge in [0.2, 0.25) is 0 Å². The van der Waals surface area contributed by atoms with Crippen molar-refractivity contribution >= 4 is 40.5 Å². The van der Waals surface area contributed by atoms with Crippen molar-refractivity contribution in [3.05, 3.63) is 58.4 Å². The molecule has 0 bridgehead atoms. The second kappa shape index (κ2) is 8.12. The van der Waals surface area contributed by atoms with Gasteiger partial charge in [0.15, 0.2) is 5.11 Å². The number of anilines is 2. The van der Waals surface area contributed by atoms with Crippen molar-refractivity contribution < 1.29 is 27.2 Å². The number of nitrogens with one attached hydrogen (secondary N) is 1. The molecule has 33 heavy (non-hydrogen) atoms. The van der Waals surface area contributed by atoms with E-state index in [2.05, 4.69) is 5.32 Å². The fourth-order valence-electron chi connectivity index (χ4n) is 4.00. The lowest BCUT2D eigenvalue weighted by molar-refractivity contribution is -0.137. The van der Waals surface area contributed by atoms with E-state index in [-0.39, 0.29) is 28.5 Å². The Morgan fingerprint density at radius 2 is 2.03 bits per heavy atom. The first-order valence-corrected chi connectivity index (χ1v) is 10.4. The topological polar surface area (TPSA) is 76.4 Å². The molecule has 2 aliphatic heterocycles. The first-order valence-electron chi connectivity index (χ1n) is 9.97. The summed E-state index contributed by atoms with van der Waals surface area (Å²) in [4.78, 5) is 27.7. The summed E-state index contributed by atoms with van der Waals surface area (Å²) in [5.74, 6) is -1.95. The molecule has 2 heterocycles. The van der Waals surface area contributed by atoms with Crippen molar-refractivity contribution in [3.8, 4) is 6.07 Å². The molecule has 1 saturated heterocycles. The van der Waals surface area contributed by atoms with E-state index in [0.717, 1.165) is 17.0 Å². The first kappa shape index (κ1) is 22.7. The van der Waals surface area contributed by atoms with Crippen molar-refractivity contribution in [2.75, 3.05) is 16.3 Å². The molecule has 11 heteroatoms. The lowest BCUT2D eigenvalue weighted by Gasteiger charge is -2.21. The standard InChI is InChI=1S/C22H16F4N4O2S/c1-2-5-28-19(31)14-6-12-7-18-20(32)29(21(33)30(18)17(12)9-16(14)23)13-4-3-11(10-27)15(8-13)22(24,25)26/h3-4,6,8-9,18H,2,5,7H2,1H3,(H,28,31). The van der Waals surface area contributed by atoms with Crippen LogP contribution < -0.4 is 15.1 Å². The highest BCUT2D eigenvalue weighted by Crippen LogP contribution is 2.42. The number of benzene rings is 2. The second-order valence-electron chi connectivity index (χ2n) is 7.60. The quantitative estimate of drug-likeness (QED) is 0.535. The van der Waals surface area contributed by atoms with Crippen molar-refractivity contribution in [2.24, 2.45) is 0 Å². The SMILES string of the molecule is CCCNC(=O)c1cc2c(cc1F)N1C(=S)N(c3ccc(C#N)c(C(F)(F)F)c3)C(=O)C1C2. The molecule has 2 aromatic rings. The lowest BCUT2D eigenvalue weighted by Crippen LogP contribution is -2.33. The van der Waals surface area contributed by atoms with Crippen LogP contribution in [0.4, 0.5) is 28.9 Å². The van der Waals surface area contributed by atoms with Gasteiger partial charge >= 0.3 is 6.18 Å². The Kier molecular flexibility index (Phi) is 5.57. The van der Waals surface area contributed by atoms with Crippen LogP contribution in [-0.2, 0) is 17.4 Å². The summed E-state index contributed by atoms with van der Waals surface area (Å²) in [6, 6.07) is 5.99. The Bertz CT molecular complexity index is 1240. The van der Waals surface area contributed by atoms with Gasteiger partial charge in [-0.05, 0) is 54.5 Å². The molecule has 6 nitrogen and oxygen atoms in total. The van der Waals surface area contributed by atoms with Crippen molar-refractivity contribution in [2.45, 2.75) is 32.0 Å². The number of rotatable bonds is 4. The van der Waals surface area contributed by atoms with Gasteiger partial charge < -0.3 is 10.2 Å². The number of amides is 2. The van der Waals surface area contributed by atoms with Gasteiger partial charge in [0.25, 0.3) is 11.8 Å². The van der Waals surface area contributed by atoms with Gasteiger partial charge in [0.1, 0.15) is 11.9 Å². The predicted octanol–water partition coefficient (Wildman–Crippen LogP) is 3.92. The zero-order valence-electron chi connectivity index (χ0n) is 17.2. The summed E-state index contributed by atoms with van der Waals surface area (Å²) in [7, 11) is 0. The number of thiocarbonyl (C=S) groups is 1. The molecule has 1 N–H and O–H groups in total. The van der Waals surface area contributed by atoms with Gasteiger partial charge in [-0.3, -0.25) is 14.5 Å². The molecule has 170 valence electrons. The maximum absolute atomic E-state index is 14.7. The summed E-state index contributed by atoms with van der Waals surface area (Å²) in [6.07, 6.45) is -4.01. The van der Waals surface area contributed by atoms with Crippen LogP contribution in [0.15, 0.2) is 30.3 Å². The van der Waals surface area contributed by atoms with E-state index in [0.29, 0.717) is 24.6 Å². The minimum atomic E-state index is -4.80. The molecule has 0 radical (unpaired) electrons. The molecular weight excluding hydrogens is 460 g/mol. The Balaban J connectivity index is 1.70. The molecule has 0 spiro atoms. The van der Waals surface area contributed by atoms with Crippen LogP contribution in [0.25, 0.3) is 0 Å². The average Bonchev–Trinajstić information content (AvgIpc) is 3.25. The Hall–Kier alpha value is -3.52. The molecular formula is C22H16F4N4O2S. The minimum Gasteiger partial charge on any atom is -0.352 e. The monoisotopic (exact) mass is 476 g/mol. The van der Waals surface area contributed by atoms with Gasteiger partial charge in [-0.1, -0.05) is 6.92 Å². The van der Waals surface area contributed by atoms with E-state index in [4.69, 9.17) is 17.5 Å². The summed E-state index contributed by atoms with van der Waals surface area (Å²) < 4.78 is 54.8. The third-order valence-corrected chi connectivity index (χ3v) is 5.90. The second-order valence-corrected chi connectivity index (χ2v) is 7.97. The molecule has 1 atom stereocenters. The fourth-order valence-corrected chi connectivity index (χ4v) is 4.42. The average molecular weight is 476 g/mol. The zero-order chi connectivity index (χ0) is 24.1. The van der Waals surface area contributed by atoms with Crippen LogP contribution in [0, 0.1) is 17.1 Å². The van der Waals surface area contributed by atoms with E-state index >= 15 is 0 Å². The summed E-state index contributed by atoms with van der Waals surface area (Å²) in [5.41, 5.74) is -1.22. The number of hydrogen-bond acceptors (Lipinski definition) is 4. The first-order chi connectivity index (χ1) is 15.6. The fraction of sp³-hybridized carbons (Fsp3) is 0.273. The number of fused-ring (bicyclic) bond motifs is 3. The third kappa shape index (κ3) is 3.70. The minimum absolute atomic E-state index is 0.107. The van der Waals surface area contributed by atoms with Gasteiger partial charge in [-0.25, -0.2) is 4.39 Å². The van der Waals surface area contributed by atoms with E-state index < -0.39 is 41.0 Å². The molecule has 4 rings (SSSR count). The van der Waals surface area contributed by atoms with Crippen LogP contribution in [-0.4, -0.2) is 29.5 Å². The number of hydrogen-bond donors (Lipinski definition) is 1. The van der Waals surface area contributed by atoms with Gasteiger partial charge in [-0.2, -0.15) is 18.4 Å². The van der Waals surface area contributed by atoms with Crippen LogP contribution in [0.5, 0.6) is 0 Å². The Morgan fingerprint density at radius 3 is 2.67 bits per heavy atom. The van der Waals surface area contributed by atoms with E-state index in [1.54, 1.807) is 0 Å². The molecule has 1 fully saturated rings. The van der Waals surface area contributed by atoms with Crippen molar-refractivity contribution in [1.29, 1.82) is 5.26 Å². The molecule has 0 aliphatic carbocycles. The maximum Gasteiger partial charge on any atom is 0.417 e. The maximum atomic E-state index is 14.7. The summed E-state index contributed by atoms with van der Waals surface area (Å²) in [5, 5.41) is 11.5. The number of carbonyl (C=O) groups excluding carboxylic acids is 2. The smallest absolute Gasteiger partial charge is 0.352 e. The molecule has 2 amide bonds. The largest absolute Gasteiger partial charge is 0.417 e. The van der Waals surface area contributed by atoms with E-state index in [1.807, 2.05) is 6.92 Å². The van der Waals surface area contributed by atoms with Gasteiger partial charge in [-0.15, -0.1) is 0 Å². The highest BCUT2D eigenvalue weighted by Gasteiger charge is 2.49. The highest BCUT2D eigenvalue weighted by atomic mass is 32.1. The number of carbonyl (C=O) groups is 2. The Morgan fingerprint density at radius 1 is 1.30 bits per heavy atom. The Labute approximate surface area is 191 Å². The number of nitrogens with zero attached hydrogens (tertiary/aromatic N) is 3. The summed E-state index contributed by atoms with van der Waals surface area (Å²) in [6.45, 7) is 2.24. The van der Waals surface area contributed by atoms with Crippen molar-refractivity contribution in [3.63, 3.8) is 0 Å². The molecule has 0 saturated carbocycles. The van der Waals surface area contributed by atoms with E-state index in [1.165, 1.54) is 23.1 Å². The molecule has 0 aromatic heterocycles. The van der Waals surface area contributed by atoms with E-state index in [9.17, 15) is 27.2 Å². The van der Waals surface area contributed by atoms with Crippen LogP contribution >= 0.6 is 12.2 Å². The highest BCUT2D eigenvalue weighted by molar-refractivity contribution is 7.81. The number of halogens is 4. The van der Waals surface area contributed by atoms with Gasteiger partial charge in [0, 0.05) is 13.0 Å². The summed E-state index contributed by atoms with van der Waals surface area (Å²) >= 11 is 5.38. The number of alkyl halides is 3. The molecule has 1 unspecified atom stereocenters. The molecule has 2 aromatic carbocycles. The van der Waals surface area contributed by atoms with Crippen LogP contribution in [0.3, 0.4) is 0 Å². The normalized spacial score (nSPS) is 17.2. The zero-order valence-corrected chi connectivity index (χ0v) is 18.0. The van der Waals surface area contributed by atoms with Crippen molar-refractivity contribution in [1.82, 2.24) is 5.32 Å². The third-order valence-electron chi connectivity index (χ3n) is 5.52. The lowest BCUT2D eigenvalue weighted by atomic mass is 10.0. The van der Waals surface area contributed by atoms with Gasteiger partial charge in [0.05, 0.1) is 34.1 Å². The van der Waals surface area contributed by atoms with Crippen LogP contribution in [0.2, 0.25) is 0 Å².